The van der Waals surface area contributed by atoms with Crippen LogP contribution in [0.4, 0.5) is 4.79 Å². The molecule has 1 aliphatic carbocycles. The number of carbonyl (C=O) groups is 2. The van der Waals surface area contributed by atoms with Gasteiger partial charge in [-0.05, 0) is 69.2 Å². The number of carbonyl (C=O) groups excluding carboxylic acids is 2. The van der Waals surface area contributed by atoms with E-state index in [0.717, 1.165) is 22.3 Å². The van der Waals surface area contributed by atoms with Gasteiger partial charge in [0.2, 0.25) is 0 Å². The molecule has 2 aliphatic heterocycles. The fourth-order valence-corrected chi connectivity index (χ4v) is 5.44. The Balaban J connectivity index is 0.000000215. The lowest BCUT2D eigenvalue weighted by atomic mass is 9.79. The number of pyridine rings is 1. The average Bonchev–Trinajstić information content (AvgIpc) is 3.49. The Hall–Kier alpha value is -4.23. The van der Waals surface area contributed by atoms with Gasteiger partial charge >= 0.3 is 6.16 Å². The van der Waals surface area contributed by atoms with Crippen molar-refractivity contribution < 1.29 is 29.2 Å². The Labute approximate surface area is 254 Å². The SMILES string of the molecule is CCOC(=O)OC1=C(c2cc(C)ccc2C)C(=O)NC12CCC(O)CC2.O=[N+]([O-])/N=C1\NCCN1Cc1ccc(Cl)nc1. The highest BCUT2D eigenvalue weighted by atomic mass is 35.5. The van der Waals surface area contributed by atoms with Crippen LogP contribution in [0.2, 0.25) is 5.15 Å². The van der Waals surface area contributed by atoms with Crippen molar-refractivity contribution in [2.75, 3.05) is 19.7 Å². The third-order valence-corrected chi connectivity index (χ3v) is 7.69. The smallest absolute Gasteiger partial charge is 0.434 e. The maximum Gasteiger partial charge on any atom is 0.513 e. The van der Waals surface area contributed by atoms with Gasteiger partial charge in [0.05, 0.1) is 23.8 Å². The van der Waals surface area contributed by atoms with Gasteiger partial charge < -0.3 is 30.1 Å². The number of amides is 1. The van der Waals surface area contributed by atoms with Gasteiger partial charge in [-0.25, -0.2) is 19.9 Å². The number of hydrogen-bond acceptors (Lipinski definition) is 8. The standard InChI is InChI=1S/C20H25NO5.C9H10ClN5O2/c1-4-25-19(24)26-17-16(15-11-12(2)5-6-13(15)3)18(23)21-20(17)9-7-14(22)8-10-20;10-8-2-1-7(5-12-8)6-14-4-3-11-9(14)13-15(16)17/h5-6,11,14,22H,4,7-10H2,1-3H3,(H,21,23);1-2,5H,3-4,6H2,(H,11,13). The van der Waals surface area contributed by atoms with Crippen LogP contribution in [0.3, 0.4) is 0 Å². The van der Waals surface area contributed by atoms with Crippen molar-refractivity contribution in [1.82, 2.24) is 20.5 Å². The second kappa shape index (κ2) is 13.8. The van der Waals surface area contributed by atoms with Crippen molar-refractivity contribution in [3.63, 3.8) is 0 Å². The summed E-state index contributed by atoms with van der Waals surface area (Å²) in [7, 11) is 0. The van der Waals surface area contributed by atoms with Crippen molar-refractivity contribution >= 4 is 35.2 Å². The van der Waals surface area contributed by atoms with Crippen LogP contribution in [0.1, 0.15) is 54.9 Å². The summed E-state index contributed by atoms with van der Waals surface area (Å²) < 4.78 is 10.5. The predicted molar refractivity (Wildman–Crippen MR) is 158 cm³/mol. The van der Waals surface area contributed by atoms with Crippen LogP contribution in [0, 0.1) is 24.0 Å². The number of aliphatic hydroxyl groups is 1. The van der Waals surface area contributed by atoms with Crippen LogP contribution in [0.25, 0.3) is 5.57 Å². The Morgan fingerprint density at radius 3 is 2.67 bits per heavy atom. The van der Waals surface area contributed by atoms with Crippen LogP contribution in [0.5, 0.6) is 0 Å². The number of hydrazone groups is 1. The third-order valence-electron chi connectivity index (χ3n) is 7.46. The van der Waals surface area contributed by atoms with Gasteiger partial charge in [0.1, 0.15) is 16.0 Å². The summed E-state index contributed by atoms with van der Waals surface area (Å²) in [6.07, 6.45) is 2.54. The van der Waals surface area contributed by atoms with Crippen LogP contribution in [-0.4, -0.2) is 69.4 Å². The Bertz CT molecular complexity index is 1420. The maximum atomic E-state index is 12.9. The predicted octanol–water partition coefficient (Wildman–Crippen LogP) is 3.68. The molecule has 230 valence electrons. The highest BCUT2D eigenvalue weighted by Gasteiger charge is 2.50. The summed E-state index contributed by atoms with van der Waals surface area (Å²) in [6, 6.07) is 9.37. The molecule has 2 aromatic rings. The van der Waals surface area contributed by atoms with E-state index < -0.39 is 22.8 Å². The van der Waals surface area contributed by atoms with Crippen molar-refractivity contribution in [3.05, 3.63) is 79.8 Å². The number of halogens is 1. The summed E-state index contributed by atoms with van der Waals surface area (Å²) in [4.78, 5) is 41.0. The highest BCUT2D eigenvalue weighted by molar-refractivity contribution is 6.29. The van der Waals surface area contributed by atoms with Crippen molar-refractivity contribution in [3.8, 4) is 0 Å². The van der Waals surface area contributed by atoms with Gasteiger partial charge in [-0.15, -0.1) is 0 Å². The van der Waals surface area contributed by atoms with Crippen LogP contribution < -0.4 is 10.6 Å². The quantitative estimate of drug-likeness (QED) is 0.189. The second-order valence-corrected chi connectivity index (χ2v) is 11.0. The van der Waals surface area contributed by atoms with Crippen molar-refractivity contribution in [2.24, 2.45) is 5.10 Å². The third kappa shape index (κ3) is 7.79. The van der Waals surface area contributed by atoms with E-state index in [9.17, 15) is 24.8 Å². The van der Waals surface area contributed by atoms with E-state index in [1.54, 1.807) is 24.1 Å². The molecule has 14 heteroatoms. The van der Waals surface area contributed by atoms with Crippen LogP contribution in [-0.2, 0) is 20.8 Å². The van der Waals surface area contributed by atoms with Gasteiger partial charge in [0.25, 0.3) is 11.9 Å². The molecule has 0 atom stereocenters. The number of rotatable bonds is 6. The van der Waals surface area contributed by atoms with Gasteiger partial charge in [-0.1, -0.05) is 41.4 Å². The molecule has 3 N–H and O–H groups in total. The van der Waals surface area contributed by atoms with E-state index in [2.05, 4.69) is 20.7 Å². The molecule has 13 nitrogen and oxygen atoms in total. The van der Waals surface area contributed by atoms with E-state index in [1.807, 2.05) is 38.1 Å². The van der Waals surface area contributed by atoms with Gasteiger partial charge in [-0.3, -0.25) is 4.79 Å². The number of guanidine groups is 1. The molecule has 3 aliphatic rings. The first-order chi connectivity index (χ1) is 20.5. The van der Waals surface area contributed by atoms with E-state index in [-0.39, 0.29) is 18.5 Å². The number of aromatic nitrogens is 1. The summed E-state index contributed by atoms with van der Waals surface area (Å²) in [6.45, 7) is 7.61. The van der Waals surface area contributed by atoms with Gasteiger partial charge in [-0.2, -0.15) is 0 Å². The summed E-state index contributed by atoms with van der Waals surface area (Å²) >= 11 is 5.68. The molecule has 3 heterocycles. The molecule has 43 heavy (non-hydrogen) atoms. The summed E-state index contributed by atoms with van der Waals surface area (Å²) in [5.41, 5.74) is 3.24. The van der Waals surface area contributed by atoms with Crippen LogP contribution >= 0.6 is 11.6 Å². The first kappa shape index (κ1) is 31.7. The van der Waals surface area contributed by atoms with E-state index in [0.29, 0.717) is 61.8 Å². The average molecular weight is 615 g/mol. The van der Waals surface area contributed by atoms with E-state index >= 15 is 0 Å². The van der Waals surface area contributed by atoms with Crippen LogP contribution in [0.15, 0.2) is 47.4 Å². The van der Waals surface area contributed by atoms with Gasteiger partial charge in [0.15, 0.2) is 5.03 Å². The van der Waals surface area contributed by atoms with Crippen molar-refractivity contribution in [2.45, 2.75) is 64.6 Å². The molecule has 5 rings (SSSR count). The lowest BCUT2D eigenvalue weighted by Gasteiger charge is -2.36. The molecular formula is C29H35ClN6O7. The number of nitrogens with one attached hydrogen (secondary N) is 2. The topological polar surface area (TPSA) is 169 Å². The molecule has 1 amide bonds. The lowest BCUT2D eigenvalue weighted by molar-refractivity contribution is -0.485. The molecular weight excluding hydrogens is 580 g/mol. The Morgan fingerprint density at radius 2 is 2.02 bits per heavy atom. The minimum Gasteiger partial charge on any atom is -0.434 e. The highest BCUT2D eigenvalue weighted by Crippen LogP contribution is 2.44. The fraction of sp³-hybridized carbons (Fsp3) is 0.448. The van der Waals surface area contributed by atoms with E-state index in [1.165, 1.54) is 0 Å². The molecule has 2 fully saturated rings. The number of nitro groups is 1. The fourth-order valence-electron chi connectivity index (χ4n) is 5.33. The minimum absolute atomic E-state index is 0.192. The molecule has 0 bridgehead atoms. The molecule has 0 unspecified atom stereocenters. The zero-order valence-electron chi connectivity index (χ0n) is 24.3. The molecule has 0 radical (unpaired) electrons. The molecule has 1 spiro atoms. The normalized spacial score (nSPS) is 22.2. The number of hydrogen-bond donors (Lipinski definition) is 3. The lowest BCUT2D eigenvalue weighted by Crippen LogP contribution is -2.48. The number of benzene rings is 1. The Morgan fingerprint density at radius 1 is 1.28 bits per heavy atom. The molecule has 1 saturated heterocycles. The first-order valence-electron chi connectivity index (χ1n) is 14.0. The summed E-state index contributed by atoms with van der Waals surface area (Å²) in [5.74, 6) is 0.348. The minimum atomic E-state index is -0.813. The number of aliphatic hydroxyl groups excluding tert-OH is 1. The molecule has 1 aromatic carbocycles. The number of nitrogens with zero attached hydrogens (tertiary/aromatic N) is 4. The Kier molecular flexibility index (Phi) is 10.2. The van der Waals surface area contributed by atoms with Crippen molar-refractivity contribution in [1.29, 1.82) is 0 Å². The number of ether oxygens (including phenoxy) is 2. The first-order valence-corrected chi connectivity index (χ1v) is 14.4. The monoisotopic (exact) mass is 614 g/mol. The maximum absolute atomic E-state index is 12.9. The molecule has 1 saturated carbocycles. The van der Waals surface area contributed by atoms with E-state index in [4.69, 9.17) is 21.1 Å². The number of aryl methyl sites for hydroxylation is 2. The largest absolute Gasteiger partial charge is 0.513 e. The second-order valence-electron chi connectivity index (χ2n) is 10.6. The molecule has 1 aromatic heterocycles. The summed E-state index contributed by atoms with van der Waals surface area (Å²) in [5, 5.41) is 29.1. The zero-order valence-corrected chi connectivity index (χ0v) is 25.0. The van der Waals surface area contributed by atoms with Gasteiger partial charge in [0, 0.05) is 25.8 Å². The zero-order chi connectivity index (χ0) is 31.1.